The Morgan fingerprint density at radius 3 is 3.00 bits per heavy atom. The fourth-order valence-corrected chi connectivity index (χ4v) is 3.68. The van der Waals surface area contributed by atoms with Gasteiger partial charge in [-0.1, -0.05) is 0 Å². The van der Waals surface area contributed by atoms with Crippen molar-refractivity contribution in [2.45, 2.75) is 32.4 Å². The molecule has 3 rings (SSSR count). The third kappa shape index (κ3) is 4.25. The lowest BCUT2D eigenvalue weighted by Gasteiger charge is -2.34. The Balaban J connectivity index is 1.45. The molecule has 2 aliphatic rings. The first-order chi connectivity index (χ1) is 9.69. The Morgan fingerprint density at radius 2 is 2.30 bits per heavy atom. The molecule has 1 atom stereocenters. The predicted octanol–water partition coefficient (Wildman–Crippen LogP) is 1.99. The van der Waals surface area contributed by atoms with E-state index in [4.69, 9.17) is 4.74 Å². The zero-order valence-electron chi connectivity index (χ0n) is 12.5. The molecule has 1 aliphatic heterocycles. The molecule has 1 aromatic rings. The van der Waals surface area contributed by atoms with Gasteiger partial charge in [-0.15, -0.1) is 11.3 Å². The summed E-state index contributed by atoms with van der Waals surface area (Å²) in [6, 6.07) is 0. The zero-order valence-corrected chi connectivity index (χ0v) is 13.4. The largest absolute Gasteiger partial charge is 0.374 e. The second kappa shape index (κ2) is 6.52. The van der Waals surface area contributed by atoms with E-state index < -0.39 is 0 Å². The Morgan fingerprint density at radius 1 is 1.45 bits per heavy atom. The predicted molar refractivity (Wildman–Crippen MR) is 82.1 cm³/mol. The van der Waals surface area contributed by atoms with Crippen LogP contribution in [-0.2, 0) is 11.3 Å². The standard InChI is InChI=1S/C15H25N3OS/c1-12-11-20-15(16-12)10-18-5-6-19-14(9-18)8-17(2)7-13-3-4-13/h11,13-14H,3-10H2,1-2H3. The number of rotatable bonds is 6. The van der Waals surface area contributed by atoms with E-state index in [1.165, 1.54) is 24.4 Å². The van der Waals surface area contributed by atoms with E-state index >= 15 is 0 Å². The summed E-state index contributed by atoms with van der Waals surface area (Å²) in [7, 11) is 2.23. The van der Waals surface area contributed by atoms with Gasteiger partial charge in [0, 0.05) is 37.3 Å². The minimum Gasteiger partial charge on any atom is -0.374 e. The number of morpholine rings is 1. The summed E-state index contributed by atoms with van der Waals surface area (Å²) in [5, 5.41) is 3.37. The lowest BCUT2D eigenvalue weighted by molar-refractivity contribution is -0.0434. The first-order valence-corrected chi connectivity index (χ1v) is 8.50. The Labute approximate surface area is 125 Å². The van der Waals surface area contributed by atoms with Crippen LogP contribution in [0.2, 0.25) is 0 Å². The van der Waals surface area contributed by atoms with Gasteiger partial charge in [0.25, 0.3) is 0 Å². The molecule has 1 saturated carbocycles. The van der Waals surface area contributed by atoms with Crippen LogP contribution in [-0.4, -0.2) is 60.7 Å². The minimum absolute atomic E-state index is 0.355. The molecule has 2 fully saturated rings. The first kappa shape index (κ1) is 14.4. The van der Waals surface area contributed by atoms with Gasteiger partial charge in [-0.2, -0.15) is 0 Å². The summed E-state index contributed by atoms with van der Waals surface area (Å²) in [6.45, 7) is 8.26. The average Bonchev–Trinajstić information content (AvgIpc) is 3.11. The van der Waals surface area contributed by atoms with E-state index in [1.54, 1.807) is 11.3 Å². The van der Waals surface area contributed by atoms with Crippen molar-refractivity contribution in [3.05, 3.63) is 16.1 Å². The number of thiazole rings is 1. The van der Waals surface area contributed by atoms with Gasteiger partial charge in [-0.3, -0.25) is 4.90 Å². The first-order valence-electron chi connectivity index (χ1n) is 7.62. The van der Waals surface area contributed by atoms with Crippen LogP contribution in [0.25, 0.3) is 0 Å². The molecule has 20 heavy (non-hydrogen) atoms. The second-order valence-corrected chi connectivity index (χ2v) is 7.22. The summed E-state index contributed by atoms with van der Waals surface area (Å²) >= 11 is 1.77. The van der Waals surface area contributed by atoms with Crippen molar-refractivity contribution < 1.29 is 4.74 Å². The normalized spacial score (nSPS) is 24.4. The van der Waals surface area contributed by atoms with Crippen LogP contribution in [0.3, 0.4) is 0 Å². The van der Waals surface area contributed by atoms with Gasteiger partial charge in [-0.25, -0.2) is 4.98 Å². The fraction of sp³-hybridized carbons (Fsp3) is 0.800. The molecule has 0 bridgehead atoms. The second-order valence-electron chi connectivity index (χ2n) is 6.28. The zero-order chi connectivity index (χ0) is 13.9. The van der Waals surface area contributed by atoms with Gasteiger partial charge in [-0.05, 0) is 32.7 Å². The number of hydrogen-bond donors (Lipinski definition) is 0. The van der Waals surface area contributed by atoms with E-state index in [2.05, 4.69) is 34.1 Å². The van der Waals surface area contributed by atoms with Crippen LogP contribution in [0.1, 0.15) is 23.5 Å². The van der Waals surface area contributed by atoms with Crippen molar-refractivity contribution in [1.82, 2.24) is 14.8 Å². The van der Waals surface area contributed by atoms with Crippen molar-refractivity contribution >= 4 is 11.3 Å². The molecular weight excluding hydrogens is 270 g/mol. The van der Waals surface area contributed by atoms with Gasteiger partial charge >= 0.3 is 0 Å². The minimum atomic E-state index is 0.355. The van der Waals surface area contributed by atoms with Gasteiger partial charge in [0.05, 0.1) is 19.3 Å². The van der Waals surface area contributed by atoms with E-state index in [9.17, 15) is 0 Å². The van der Waals surface area contributed by atoms with E-state index in [0.29, 0.717) is 6.10 Å². The van der Waals surface area contributed by atoms with Crippen molar-refractivity contribution in [3.8, 4) is 0 Å². The van der Waals surface area contributed by atoms with Gasteiger partial charge in [0.2, 0.25) is 0 Å². The summed E-state index contributed by atoms with van der Waals surface area (Å²) in [5.74, 6) is 0.956. The van der Waals surface area contributed by atoms with Gasteiger partial charge in [0.1, 0.15) is 5.01 Å². The number of nitrogens with zero attached hydrogens (tertiary/aromatic N) is 3. The number of hydrogen-bond acceptors (Lipinski definition) is 5. The molecule has 0 spiro atoms. The smallest absolute Gasteiger partial charge is 0.107 e. The number of ether oxygens (including phenoxy) is 1. The molecular formula is C15H25N3OS. The van der Waals surface area contributed by atoms with Crippen LogP contribution < -0.4 is 0 Å². The number of aryl methyl sites for hydroxylation is 1. The molecule has 1 aromatic heterocycles. The Kier molecular flexibility index (Phi) is 4.71. The van der Waals surface area contributed by atoms with Crippen LogP contribution in [0, 0.1) is 12.8 Å². The molecule has 0 radical (unpaired) electrons. The summed E-state index contributed by atoms with van der Waals surface area (Å²) < 4.78 is 5.92. The van der Waals surface area contributed by atoms with Crippen molar-refractivity contribution in [2.24, 2.45) is 5.92 Å². The highest BCUT2D eigenvalue weighted by molar-refractivity contribution is 7.09. The van der Waals surface area contributed by atoms with Crippen LogP contribution in [0.5, 0.6) is 0 Å². The maximum Gasteiger partial charge on any atom is 0.107 e. The fourth-order valence-electron chi connectivity index (χ4n) is 2.86. The van der Waals surface area contributed by atoms with Crippen LogP contribution in [0.4, 0.5) is 0 Å². The topological polar surface area (TPSA) is 28.6 Å². The molecule has 4 nitrogen and oxygen atoms in total. The van der Waals surface area contributed by atoms with Crippen LogP contribution in [0.15, 0.2) is 5.38 Å². The quantitative estimate of drug-likeness (QED) is 0.802. The molecule has 1 saturated heterocycles. The molecule has 2 heterocycles. The maximum absolute atomic E-state index is 5.92. The molecule has 5 heteroatoms. The number of likely N-dealkylation sites (N-methyl/N-ethyl adjacent to an activating group) is 1. The average molecular weight is 295 g/mol. The highest BCUT2D eigenvalue weighted by Crippen LogP contribution is 2.29. The maximum atomic E-state index is 5.92. The number of aromatic nitrogens is 1. The highest BCUT2D eigenvalue weighted by atomic mass is 32.1. The van der Waals surface area contributed by atoms with Crippen LogP contribution >= 0.6 is 11.3 Å². The van der Waals surface area contributed by atoms with Crippen molar-refractivity contribution in [2.75, 3.05) is 39.8 Å². The van der Waals surface area contributed by atoms with Crippen molar-refractivity contribution in [1.29, 1.82) is 0 Å². The summed E-state index contributed by atoms with van der Waals surface area (Å²) in [5.41, 5.74) is 1.14. The Bertz CT molecular complexity index is 433. The highest BCUT2D eigenvalue weighted by Gasteiger charge is 2.26. The van der Waals surface area contributed by atoms with Gasteiger partial charge in [0.15, 0.2) is 0 Å². The molecule has 1 unspecified atom stereocenters. The summed E-state index contributed by atoms with van der Waals surface area (Å²) in [4.78, 5) is 9.49. The lowest BCUT2D eigenvalue weighted by atomic mass is 10.2. The summed E-state index contributed by atoms with van der Waals surface area (Å²) in [6.07, 6.45) is 3.20. The monoisotopic (exact) mass is 295 g/mol. The van der Waals surface area contributed by atoms with Crippen molar-refractivity contribution in [3.63, 3.8) is 0 Å². The Hall–Kier alpha value is -0.490. The van der Waals surface area contributed by atoms with E-state index in [-0.39, 0.29) is 0 Å². The molecule has 0 aromatic carbocycles. The molecule has 0 N–H and O–H groups in total. The van der Waals surface area contributed by atoms with Gasteiger partial charge < -0.3 is 9.64 Å². The lowest BCUT2D eigenvalue weighted by Crippen LogP contribution is -2.46. The molecule has 112 valence electrons. The van der Waals surface area contributed by atoms with E-state index in [0.717, 1.165) is 44.4 Å². The van der Waals surface area contributed by atoms with E-state index in [1.807, 2.05) is 0 Å². The third-order valence-corrected chi connectivity index (χ3v) is 4.98. The molecule has 0 amide bonds. The SMILES string of the molecule is Cc1csc(CN2CCOC(CN(C)CC3CC3)C2)n1. The molecule has 1 aliphatic carbocycles. The third-order valence-electron chi connectivity index (χ3n) is 4.03.